The van der Waals surface area contributed by atoms with Crippen LogP contribution >= 0.6 is 47.8 Å². The van der Waals surface area contributed by atoms with Crippen LogP contribution in [0.4, 0.5) is 0 Å². The van der Waals surface area contributed by atoms with Gasteiger partial charge in [0.2, 0.25) is 2.14 Å². The molecule has 0 heterocycles. The Morgan fingerprint density at radius 2 is 2.00 bits per heavy atom. The van der Waals surface area contributed by atoms with Gasteiger partial charge in [0.05, 0.1) is 0 Å². The average molecular weight is 324 g/mol. The van der Waals surface area contributed by atoms with Crippen molar-refractivity contribution in [3.05, 3.63) is 0 Å². The minimum atomic E-state index is -0.803. The van der Waals surface area contributed by atoms with Gasteiger partial charge < -0.3 is 5.32 Å². The number of halogens is 3. The molecular formula is C4H6Br3NO. The molecule has 2 nitrogen and oxygen atoms in total. The number of hydrogen-bond acceptors (Lipinski definition) is 1. The Morgan fingerprint density at radius 3 is 2.11 bits per heavy atom. The molecular weight excluding hydrogens is 318 g/mol. The van der Waals surface area contributed by atoms with Crippen LogP contribution < -0.4 is 5.32 Å². The van der Waals surface area contributed by atoms with Crippen molar-refractivity contribution in [1.29, 1.82) is 0 Å². The summed E-state index contributed by atoms with van der Waals surface area (Å²) in [7, 11) is 0. The van der Waals surface area contributed by atoms with E-state index in [9.17, 15) is 4.79 Å². The van der Waals surface area contributed by atoms with E-state index >= 15 is 0 Å². The molecule has 0 aliphatic heterocycles. The second-order valence-corrected chi connectivity index (χ2v) is 8.12. The fourth-order valence-corrected chi connectivity index (χ4v) is 0.681. The molecule has 0 aromatic heterocycles. The lowest BCUT2D eigenvalue weighted by Crippen LogP contribution is -2.33. The largest absolute Gasteiger partial charge is 0.354 e. The third kappa shape index (κ3) is 4.33. The van der Waals surface area contributed by atoms with Crippen molar-refractivity contribution in [2.24, 2.45) is 0 Å². The standard InChI is InChI=1S/C4H6Br3NO/c1-2-8-3(9)4(5,6)7/h2H2,1H3,(H,8,9). The molecule has 0 unspecified atom stereocenters. The van der Waals surface area contributed by atoms with Gasteiger partial charge in [0.25, 0.3) is 5.91 Å². The van der Waals surface area contributed by atoms with Crippen LogP contribution in [0.1, 0.15) is 6.92 Å². The summed E-state index contributed by atoms with van der Waals surface area (Å²) >= 11 is 9.20. The smallest absolute Gasteiger partial charge is 0.258 e. The zero-order chi connectivity index (χ0) is 7.49. The van der Waals surface area contributed by atoms with Crippen LogP contribution in [0.5, 0.6) is 0 Å². The Bertz CT molecular complexity index is 109. The van der Waals surface area contributed by atoms with E-state index in [1.165, 1.54) is 0 Å². The van der Waals surface area contributed by atoms with Crippen LogP contribution in [0, 0.1) is 0 Å². The second-order valence-electron chi connectivity index (χ2n) is 1.36. The van der Waals surface area contributed by atoms with Gasteiger partial charge in [-0.1, -0.05) is 0 Å². The normalized spacial score (nSPS) is 11.1. The molecule has 0 radical (unpaired) electrons. The van der Waals surface area contributed by atoms with Gasteiger partial charge in [-0.25, -0.2) is 0 Å². The summed E-state index contributed by atoms with van der Waals surface area (Å²) in [5.41, 5.74) is 0. The van der Waals surface area contributed by atoms with Gasteiger partial charge in [-0.15, -0.1) is 0 Å². The number of carbonyl (C=O) groups is 1. The van der Waals surface area contributed by atoms with Crippen LogP contribution in [-0.2, 0) is 4.79 Å². The summed E-state index contributed by atoms with van der Waals surface area (Å²) in [6, 6.07) is 0. The maximum Gasteiger partial charge on any atom is 0.258 e. The lowest BCUT2D eigenvalue weighted by atomic mass is 10.6. The number of rotatable bonds is 1. The molecule has 1 N–H and O–H groups in total. The molecule has 0 atom stereocenters. The molecule has 0 aromatic carbocycles. The van der Waals surface area contributed by atoms with E-state index in [-0.39, 0.29) is 5.91 Å². The van der Waals surface area contributed by atoms with E-state index in [2.05, 4.69) is 53.1 Å². The highest BCUT2D eigenvalue weighted by Crippen LogP contribution is 2.33. The van der Waals surface area contributed by atoms with Crippen molar-refractivity contribution in [2.75, 3.05) is 6.54 Å². The molecule has 1 amide bonds. The van der Waals surface area contributed by atoms with Crippen LogP contribution in [0.15, 0.2) is 0 Å². The molecule has 0 rings (SSSR count). The van der Waals surface area contributed by atoms with Gasteiger partial charge >= 0.3 is 0 Å². The lowest BCUT2D eigenvalue weighted by Gasteiger charge is -2.09. The number of carbonyl (C=O) groups excluding carboxylic acids is 1. The Hall–Kier alpha value is 0.910. The van der Waals surface area contributed by atoms with Crippen LogP contribution in [0.3, 0.4) is 0 Å². The molecule has 0 saturated heterocycles. The fraction of sp³-hybridized carbons (Fsp3) is 0.750. The second kappa shape index (κ2) is 3.93. The van der Waals surface area contributed by atoms with Crippen molar-refractivity contribution in [3.8, 4) is 0 Å². The van der Waals surface area contributed by atoms with E-state index < -0.39 is 2.14 Å². The molecule has 0 bridgehead atoms. The lowest BCUT2D eigenvalue weighted by molar-refractivity contribution is -0.119. The van der Waals surface area contributed by atoms with Crippen LogP contribution in [0.25, 0.3) is 0 Å². The van der Waals surface area contributed by atoms with Crippen molar-refractivity contribution in [2.45, 2.75) is 9.07 Å². The Kier molecular flexibility index (Phi) is 4.33. The molecule has 0 aromatic rings. The average Bonchev–Trinajstić information content (AvgIpc) is 1.64. The van der Waals surface area contributed by atoms with Gasteiger partial charge in [0, 0.05) is 6.54 Å². The third-order valence-corrected chi connectivity index (χ3v) is 1.68. The van der Waals surface area contributed by atoms with Crippen molar-refractivity contribution in [3.63, 3.8) is 0 Å². The summed E-state index contributed by atoms with van der Waals surface area (Å²) in [4.78, 5) is 10.8. The zero-order valence-electron chi connectivity index (χ0n) is 4.75. The van der Waals surface area contributed by atoms with Gasteiger partial charge in [-0.05, 0) is 54.7 Å². The summed E-state index contributed by atoms with van der Waals surface area (Å²) < 4.78 is -0.803. The number of nitrogens with one attached hydrogen (secondary N) is 1. The van der Waals surface area contributed by atoms with Crippen molar-refractivity contribution in [1.82, 2.24) is 5.32 Å². The topological polar surface area (TPSA) is 29.1 Å². The Balaban J connectivity index is 3.74. The van der Waals surface area contributed by atoms with Gasteiger partial charge in [0.1, 0.15) is 0 Å². The molecule has 9 heavy (non-hydrogen) atoms. The van der Waals surface area contributed by atoms with E-state index in [4.69, 9.17) is 0 Å². The molecule has 0 saturated carbocycles. The number of hydrogen-bond donors (Lipinski definition) is 1. The minimum Gasteiger partial charge on any atom is -0.354 e. The highest BCUT2D eigenvalue weighted by molar-refractivity contribution is 9.40. The minimum absolute atomic E-state index is 0.134. The van der Waals surface area contributed by atoms with Crippen molar-refractivity contribution >= 4 is 53.7 Å². The predicted octanol–water partition coefficient (Wildman–Crippen LogP) is 1.96. The monoisotopic (exact) mass is 321 g/mol. The van der Waals surface area contributed by atoms with Gasteiger partial charge in [0.15, 0.2) is 0 Å². The van der Waals surface area contributed by atoms with Crippen LogP contribution in [-0.4, -0.2) is 14.6 Å². The first-order valence-electron chi connectivity index (χ1n) is 2.33. The van der Waals surface area contributed by atoms with Gasteiger partial charge in [-0.3, -0.25) is 4.79 Å². The summed E-state index contributed by atoms with van der Waals surface area (Å²) in [5.74, 6) is -0.134. The SMILES string of the molecule is CCNC(=O)C(Br)(Br)Br. The highest BCUT2D eigenvalue weighted by Gasteiger charge is 2.27. The van der Waals surface area contributed by atoms with Crippen molar-refractivity contribution < 1.29 is 4.79 Å². The predicted molar refractivity (Wildman–Crippen MR) is 48.2 cm³/mol. The first-order chi connectivity index (χ1) is 3.98. The first-order valence-corrected chi connectivity index (χ1v) is 4.71. The van der Waals surface area contributed by atoms with E-state index in [1.54, 1.807) is 0 Å². The molecule has 0 spiro atoms. The van der Waals surface area contributed by atoms with E-state index in [0.717, 1.165) is 0 Å². The summed E-state index contributed by atoms with van der Waals surface area (Å²) in [5, 5.41) is 2.61. The summed E-state index contributed by atoms with van der Waals surface area (Å²) in [6.45, 7) is 2.49. The highest BCUT2D eigenvalue weighted by atomic mass is 80.0. The molecule has 5 heteroatoms. The molecule has 54 valence electrons. The third-order valence-electron chi connectivity index (χ3n) is 0.595. The molecule has 0 fully saturated rings. The first kappa shape index (κ1) is 9.91. The van der Waals surface area contributed by atoms with E-state index in [0.29, 0.717) is 6.54 Å². The number of alkyl halides is 3. The fourth-order valence-electron chi connectivity index (χ4n) is 0.261. The zero-order valence-corrected chi connectivity index (χ0v) is 9.51. The maximum atomic E-state index is 10.8. The quantitative estimate of drug-likeness (QED) is 0.734. The number of amides is 1. The Morgan fingerprint density at radius 1 is 1.56 bits per heavy atom. The molecule has 0 aliphatic rings. The maximum absolute atomic E-state index is 10.8. The summed E-state index contributed by atoms with van der Waals surface area (Å²) in [6.07, 6.45) is 0. The van der Waals surface area contributed by atoms with Crippen LogP contribution in [0.2, 0.25) is 0 Å². The van der Waals surface area contributed by atoms with E-state index in [1.807, 2.05) is 6.92 Å². The molecule has 0 aliphatic carbocycles. The Labute approximate surface area is 79.1 Å². The van der Waals surface area contributed by atoms with Gasteiger partial charge in [-0.2, -0.15) is 0 Å².